The number of nitrogens with zero attached hydrogens (tertiary/aromatic N) is 1. The maximum Gasteiger partial charge on any atom is 0.261 e. The van der Waals surface area contributed by atoms with Gasteiger partial charge in [-0.15, -0.1) is 0 Å². The Morgan fingerprint density at radius 2 is 1.44 bits per heavy atom. The monoisotopic (exact) mass is 526 g/mol. The van der Waals surface area contributed by atoms with E-state index in [9.17, 15) is 9.59 Å². The molecule has 1 atom stereocenters. The normalized spacial score (nSPS) is 14.8. The average Bonchev–Trinajstić information content (AvgIpc) is 2.95. The van der Waals surface area contributed by atoms with E-state index < -0.39 is 6.04 Å². The van der Waals surface area contributed by atoms with Crippen LogP contribution < -0.4 is 10.1 Å². The minimum absolute atomic E-state index is 0.0925. The lowest BCUT2D eigenvalue weighted by molar-refractivity contribution is -0.143. The van der Waals surface area contributed by atoms with Crippen LogP contribution in [0.2, 0.25) is 0 Å². The van der Waals surface area contributed by atoms with Crippen LogP contribution in [0.4, 0.5) is 0 Å². The first kappa shape index (κ1) is 28.4. The van der Waals surface area contributed by atoms with E-state index in [4.69, 9.17) is 4.74 Å². The van der Waals surface area contributed by atoms with Gasteiger partial charge >= 0.3 is 0 Å². The Bertz CT molecular complexity index is 1200. The lowest BCUT2D eigenvalue weighted by Crippen LogP contribution is -2.53. The van der Waals surface area contributed by atoms with Crippen molar-refractivity contribution < 1.29 is 14.3 Å². The fraction of sp³-hybridized carbons (Fsp3) is 0.412. The molecule has 1 N–H and O–H groups in total. The van der Waals surface area contributed by atoms with E-state index >= 15 is 0 Å². The van der Waals surface area contributed by atoms with Crippen LogP contribution in [0, 0.1) is 0 Å². The third-order valence-corrected chi connectivity index (χ3v) is 7.46. The molecule has 0 radical (unpaired) electrons. The Labute approximate surface area is 233 Å². The summed E-state index contributed by atoms with van der Waals surface area (Å²) in [5.74, 6) is 0.400. The predicted molar refractivity (Wildman–Crippen MR) is 157 cm³/mol. The lowest BCUT2D eigenvalue weighted by Gasteiger charge is -2.33. The summed E-state index contributed by atoms with van der Waals surface area (Å²) < 4.78 is 6.15. The fourth-order valence-electron chi connectivity index (χ4n) is 5.31. The second-order valence-corrected chi connectivity index (χ2v) is 11.6. The third kappa shape index (κ3) is 8.19. The quantitative estimate of drug-likeness (QED) is 0.330. The molecule has 0 aromatic heterocycles. The summed E-state index contributed by atoms with van der Waals surface area (Å²) in [6.07, 6.45) is 5.89. The van der Waals surface area contributed by atoms with Crippen LogP contribution in [0.3, 0.4) is 0 Å². The third-order valence-electron chi connectivity index (χ3n) is 7.46. The number of carbonyl (C=O) groups is 2. The number of benzene rings is 3. The molecule has 5 heteroatoms. The molecule has 1 fully saturated rings. The summed E-state index contributed by atoms with van der Waals surface area (Å²) in [4.78, 5) is 29.5. The number of amides is 2. The van der Waals surface area contributed by atoms with Gasteiger partial charge in [0.25, 0.3) is 5.91 Å². The summed E-state index contributed by atoms with van der Waals surface area (Å²) in [5.41, 5.74) is 2.91. The lowest BCUT2D eigenvalue weighted by atomic mass is 9.86. The Kier molecular flexibility index (Phi) is 9.80. The van der Waals surface area contributed by atoms with Crippen LogP contribution in [0.5, 0.6) is 5.75 Å². The van der Waals surface area contributed by atoms with Crippen molar-refractivity contribution in [2.24, 2.45) is 0 Å². The van der Waals surface area contributed by atoms with Crippen molar-refractivity contribution in [3.8, 4) is 5.75 Å². The molecule has 3 aromatic carbocycles. The van der Waals surface area contributed by atoms with E-state index in [0.29, 0.717) is 18.7 Å². The fourth-order valence-corrected chi connectivity index (χ4v) is 5.31. The van der Waals surface area contributed by atoms with Gasteiger partial charge in [0.05, 0.1) is 0 Å². The van der Waals surface area contributed by atoms with Crippen molar-refractivity contribution in [1.29, 1.82) is 0 Å². The zero-order chi connectivity index (χ0) is 27.7. The predicted octanol–water partition coefficient (Wildman–Crippen LogP) is 6.45. The number of ether oxygens (including phenoxy) is 1. The van der Waals surface area contributed by atoms with Crippen molar-refractivity contribution in [2.45, 2.75) is 83.3 Å². The van der Waals surface area contributed by atoms with Crippen molar-refractivity contribution >= 4 is 11.8 Å². The minimum atomic E-state index is -0.650. The highest BCUT2D eigenvalue weighted by atomic mass is 16.5. The number of rotatable bonds is 10. The molecule has 206 valence electrons. The second kappa shape index (κ2) is 13.5. The van der Waals surface area contributed by atoms with Gasteiger partial charge in [0.2, 0.25) is 5.91 Å². The van der Waals surface area contributed by atoms with Crippen molar-refractivity contribution in [3.05, 3.63) is 102 Å². The van der Waals surface area contributed by atoms with Crippen molar-refractivity contribution in [1.82, 2.24) is 10.2 Å². The van der Waals surface area contributed by atoms with Gasteiger partial charge in [-0.25, -0.2) is 0 Å². The Balaban J connectivity index is 1.61. The van der Waals surface area contributed by atoms with Crippen LogP contribution in [0.15, 0.2) is 84.9 Å². The van der Waals surface area contributed by atoms with Crippen LogP contribution in [0.25, 0.3) is 0 Å². The topological polar surface area (TPSA) is 58.6 Å². The maximum absolute atomic E-state index is 13.9. The number of hydrogen-bond donors (Lipinski definition) is 1. The molecule has 0 spiro atoms. The number of carbonyl (C=O) groups excluding carboxylic acids is 2. The van der Waals surface area contributed by atoms with Crippen LogP contribution in [0.1, 0.15) is 69.6 Å². The molecule has 5 nitrogen and oxygen atoms in total. The molecular weight excluding hydrogens is 484 g/mol. The first-order valence-electron chi connectivity index (χ1n) is 14.2. The van der Waals surface area contributed by atoms with Gasteiger partial charge in [0.1, 0.15) is 11.8 Å². The highest BCUT2D eigenvalue weighted by molar-refractivity contribution is 5.88. The van der Waals surface area contributed by atoms with E-state index in [1.807, 2.05) is 84.9 Å². The smallest absolute Gasteiger partial charge is 0.261 e. The minimum Gasteiger partial charge on any atom is -0.483 e. The van der Waals surface area contributed by atoms with E-state index in [1.54, 1.807) is 4.90 Å². The van der Waals surface area contributed by atoms with E-state index in [0.717, 1.165) is 42.4 Å². The van der Waals surface area contributed by atoms with Crippen LogP contribution in [-0.4, -0.2) is 35.4 Å². The first-order valence-corrected chi connectivity index (χ1v) is 14.2. The van der Waals surface area contributed by atoms with Crippen LogP contribution >= 0.6 is 0 Å². The van der Waals surface area contributed by atoms with Crippen molar-refractivity contribution in [3.63, 3.8) is 0 Å². The molecule has 3 aromatic rings. The average molecular weight is 527 g/mol. The van der Waals surface area contributed by atoms with E-state index in [2.05, 4.69) is 26.1 Å². The van der Waals surface area contributed by atoms with Gasteiger partial charge in [-0.05, 0) is 41.0 Å². The van der Waals surface area contributed by atoms with Gasteiger partial charge < -0.3 is 15.0 Å². The molecule has 0 saturated heterocycles. The Morgan fingerprint density at radius 1 is 0.846 bits per heavy atom. The number of nitrogens with one attached hydrogen (secondary N) is 1. The summed E-state index contributed by atoms with van der Waals surface area (Å²) >= 11 is 0. The summed E-state index contributed by atoms with van der Waals surface area (Å²) in [5, 5.41) is 3.29. The zero-order valence-electron chi connectivity index (χ0n) is 23.6. The van der Waals surface area contributed by atoms with E-state index in [-0.39, 0.29) is 29.9 Å². The van der Waals surface area contributed by atoms with Gasteiger partial charge in [0.15, 0.2) is 6.61 Å². The summed E-state index contributed by atoms with van der Waals surface area (Å²) in [7, 11) is 0. The molecule has 2 amide bonds. The van der Waals surface area contributed by atoms with Gasteiger partial charge in [-0.3, -0.25) is 9.59 Å². The molecule has 1 unspecified atom stereocenters. The number of para-hydroxylation sites is 1. The second-order valence-electron chi connectivity index (χ2n) is 11.6. The number of hydrogen-bond acceptors (Lipinski definition) is 3. The maximum atomic E-state index is 13.9. The molecule has 0 heterocycles. The van der Waals surface area contributed by atoms with Crippen molar-refractivity contribution in [2.75, 3.05) is 6.61 Å². The molecule has 1 saturated carbocycles. The van der Waals surface area contributed by atoms with Gasteiger partial charge in [0, 0.05) is 19.0 Å². The molecular formula is C34H42N2O3. The molecule has 4 rings (SSSR count). The molecule has 0 aliphatic heterocycles. The Hall–Kier alpha value is -3.60. The SMILES string of the molecule is CC(C)(C)c1ccccc1OCC(=O)N(Cc1ccccc1)C(Cc1ccccc1)C(=O)NC1CCCCC1. The summed E-state index contributed by atoms with van der Waals surface area (Å²) in [6, 6.07) is 27.2. The standard InChI is InChI=1S/C34H42N2O3/c1-34(2,3)29-21-13-14-22-31(29)39-25-32(37)36(24-27-17-9-5-10-18-27)30(23-26-15-7-4-8-16-26)33(38)35-28-19-11-6-12-20-28/h4-5,7-10,13-18,21-22,28,30H,6,11-12,19-20,23-25H2,1-3H3,(H,35,38). The molecule has 1 aliphatic rings. The molecule has 1 aliphatic carbocycles. The molecule has 39 heavy (non-hydrogen) atoms. The zero-order valence-corrected chi connectivity index (χ0v) is 23.6. The highest BCUT2D eigenvalue weighted by Gasteiger charge is 2.32. The largest absolute Gasteiger partial charge is 0.483 e. The Morgan fingerprint density at radius 3 is 2.08 bits per heavy atom. The summed E-state index contributed by atoms with van der Waals surface area (Å²) in [6.45, 7) is 6.58. The van der Waals surface area contributed by atoms with E-state index in [1.165, 1.54) is 6.42 Å². The van der Waals surface area contributed by atoms with Crippen LogP contribution in [-0.2, 0) is 28.0 Å². The highest BCUT2D eigenvalue weighted by Crippen LogP contribution is 2.31. The van der Waals surface area contributed by atoms with Gasteiger partial charge in [-0.2, -0.15) is 0 Å². The first-order chi connectivity index (χ1) is 18.8. The molecule has 0 bridgehead atoms. The van der Waals surface area contributed by atoms with Gasteiger partial charge in [-0.1, -0.05) is 119 Å².